The van der Waals surface area contributed by atoms with Crippen molar-refractivity contribution in [2.24, 2.45) is 0 Å². The van der Waals surface area contributed by atoms with E-state index in [1.54, 1.807) is 22.9 Å². The maximum Gasteiger partial charge on any atom is 0.175 e. The molecule has 2 aromatic heterocycles. The van der Waals surface area contributed by atoms with Crippen molar-refractivity contribution < 1.29 is 9.52 Å². The summed E-state index contributed by atoms with van der Waals surface area (Å²) < 4.78 is 7.27. The van der Waals surface area contributed by atoms with Crippen LogP contribution in [0.3, 0.4) is 0 Å². The fraction of sp³-hybridized carbons (Fsp3) is 0.0476. The number of hydrogen-bond donors (Lipinski definition) is 1. The molecule has 4 rings (SSSR count). The predicted molar refractivity (Wildman–Crippen MR) is 101 cm³/mol. The first-order chi connectivity index (χ1) is 12.7. The van der Waals surface area contributed by atoms with E-state index in [1.165, 1.54) is 0 Å². The van der Waals surface area contributed by atoms with E-state index in [9.17, 15) is 5.11 Å². The average molecular weight is 343 g/mol. The maximum atomic E-state index is 10.2. The Morgan fingerprint density at radius 2 is 1.69 bits per heavy atom. The van der Waals surface area contributed by atoms with Crippen LogP contribution in [0.25, 0.3) is 29.2 Å². The molecule has 26 heavy (non-hydrogen) atoms. The molecule has 0 unspecified atom stereocenters. The molecule has 0 aliphatic carbocycles. The highest BCUT2D eigenvalue weighted by Gasteiger charge is 2.15. The Bertz CT molecular complexity index is 1060. The van der Waals surface area contributed by atoms with E-state index in [2.05, 4.69) is 10.1 Å². The zero-order valence-corrected chi connectivity index (χ0v) is 14.2. The van der Waals surface area contributed by atoms with Crippen LogP contribution in [0.5, 0.6) is 5.75 Å². The summed E-state index contributed by atoms with van der Waals surface area (Å²) in [6.07, 6.45) is 3.62. The lowest BCUT2D eigenvalue weighted by molar-refractivity contribution is 0.476. The zero-order valence-electron chi connectivity index (χ0n) is 14.2. The van der Waals surface area contributed by atoms with Crippen LogP contribution >= 0.6 is 0 Å². The first-order valence-electron chi connectivity index (χ1n) is 8.26. The van der Waals surface area contributed by atoms with Gasteiger partial charge in [-0.15, -0.1) is 5.10 Å². The molecular weight excluding hydrogens is 326 g/mol. The lowest BCUT2D eigenvalue weighted by Crippen LogP contribution is -1.99. The van der Waals surface area contributed by atoms with Gasteiger partial charge in [0.05, 0.1) is 11.3 Å². The molecule has 1 N–H and O–H groups in total. The van der Waals surface area contributed by atoms with Gasteiger partial charge in [0.2, 0.25) is 0 Å². The molecular formula is C21H17N3O2. The van der Waals surface area contributed by atoms with Crippen LogP contribution in [-0.2, 0) is 0 Å². The van der Waals surface area contributed by atoms with Crippen molar-refractivity contribution in [1.82, 2.24) is 14.8 Å². The minimum Gasteiger partial charge on any atom is -0.507 e. The summed E-state index contributed by atoms with van der Waals surface area (Å²) in [5.41, 5.74) is 1.49. The highest BCUT2D eigenvalue weighted by atomic mass is 16.3. The van der Waals surface area contributed by atoms with Crippen molar-refractivity contribution in [1.29, 1.82) is 0 Å². The third kappa shape index (κ3) is 3.15. The molecule has 0 atom stereocenters. The number of rotatable bonds is 4. The molecule has 0 spiro atoms. The molecule has 0 fully saturated rings. The van der Waals surface area contributed by atoms with Gasteiger partial charge in [-0.1, -0.05) is 30.3 Å². The van der Waals surface area contributed by atoms with Crippen molar-refractivity contribution in [2.45, 2.75) is 6.92 Å². The van der Waals surface area contributed by atoms with Gasteiger partial charge in [-0.25, -0.2) is 9.67 Å². The lowest BCUT2D eigenvalue weighted by atomic mass is 10.2. The molecule has 2 heterocycles. The van der Waals surface area contributed by atoms with Crippen molar-refractivity contribution >= 4 is 12.2 Å². The Morgan fingerprint density at radius 3 is 2.42 bits per heavy atom. The molecule has 0 saturated carbocycles. The van der Waals surface area contributed by atoms with Crippen LogP contribution in [-0.4, -0.2) is 19.9 Å². The fourth-order valence-corrected chi connectivity index (χ4v) is 2.68. The molecule has 4 aromatic rings. The summed E-state index contributed by atoms with van der Waals surface area (Å²) in [6, 6.07) is 20.6. The Hall–Kier alpha value is -3.60. The number of phenolic OH excluding ortho intramolecular Hbond substituents is 1. The summed E-state index contributed by atoms with van der Waals surface area (Å²) in [7, 11) is 0. The highest BCUT2D eigenvalue weighted by molar-refractivity contribution is 5.69. The van der Waals surface area contributed by atoms with Gasteiger partial charge >= 0.3 is 0 Å². The molecule has 0 aliphatic heterocycles. The van der Waals surface area contributed by atoms with E-state index in [0.717, 1.165) is 17.2 Å². The number of aromatic hydroxyl groups is 1. The first-order valence-corrected chi connectivity index (χ1v) is 8.26. The molecule has 2 aromatic carbocycles. The number of benzene rings is 2. The molecule has 0 amide bonds. The van der Waals surface area contributed by atoms with Crippen molar-refractivity contribution in [3.05, 3.63) is 84.1 Å². The number of aryl methyl sites for hydroxylation is 1. The number of aromatic nitrogens is 3. The van der Waals surface area contributed by atoms with Crippen molar-refractivity contribution in [3.8, 4) is 22.8 Å². The summed E-state index contributed by atoms with van der Waals surface area (Å²) in [6.45, 7) is 1.90. The third-order valence-electron chi connectivity index (χ3n) is 3.93. The second-order valence-corrected chi connectivity index (χ2v) is 5.84. The minimum atomic E-state index is 0.161. The number of hydrogen-bond acceptors (Lipinski definition) is 4. The van der Waals surface area contributed by atoms with Gasteiger partial charge in [-0.3, -0.25) is 0 Å². The number of furan rings is 1. The van der Waals surface area contributed by atoms with Gasteiger partial charge in [0.1, 0.15) is 17.3 Å². The average Bonchev–Trinajstić information content (AvgIpc) is 3.27. The van der Waals surface area contributed by atoms with E-state index in [-0.39, 0.29) is 5.75 Å². The molecule has 0 aliphatic rings. The van der Waals surface area contributed by atoms with Crippen molar-refractivity contribution in [2.75, 3.05) is 0 Å². The standard InChI is InChI=1S/C21H17N3O2/c1-15-11-12-17(26-15)13-14-20-22-21(18-9-5-6-10-19(18)25)24(23-20)16-7-3-2-4-8-16/h2-14,25H,1H3/b14-13+. The largest absolute Gasteiger partial charge is 0.507 e. The Kier molecular flexibility index (Phi) is 4.11. The summed E-state index contributed by atoms with van der Waals surface area (Å²) >= 11 is 0. The topological polar surface area (TPSA) is 64.1 Å². The maximum absolute atomic E-state index is 10.2. The Balaban J connectivity index is 1.80. The Labute approximate surface area is 150 Å². The normalized spacial score (nSPS) is 11.3. The van der Waals surface area contributed by atoms with E-state index in [4.69, 9.17) is 4.42 Å². The van der Waals surface area contributed by atoms with E-state index >= 15 is 0 Å². The molecule has 5 heteroatoms. The van der Waals surface area contributed by atoms with Crippen LogP contribution in [0.2, 0.25) is 0 Å². The van der Waals surface area contributed by atoms with Crippen LogP contribution in [0.15, 0.2) is 71.1 Å². The third-order valence-corrected chi connectivity index (χ3v) is 3.93. The number of nitrogens with zero attached hydrogens (tertiary/aromatic N) is 3. The van der Waals surface area contributed by atoms with Gasteiger partial charge in [0, 0.05) is 0 Å². The smallest absolute Gasteiger partial charge is 0.175 e. The molecule has 128 valence electrons. The van der Waals surface area contributed by atoms with E-state index in [0.29, 0.717) is 17.2 Å². The number of phenols is 1. The first kappa shape index (κ1) is 15.9. The molecule has 0 saturated heterocycles. The van der Waals surface area contributed by atoms with Gasteiger partial charge in [-0.05, 0) is 55.5 Å². The number of para-hydroxylation sites is 2. The monoisotopic (exact) mass is 343 g/mol. The molecule has 0 radical (unpaired) electrons. The van der Waals surface area contributed by atoms with Crippen molar-refractivity contribution in [3.63, 3.8) is 0 Å². The van der Waals surface area contributed by atoms with Crippen LogP contribution < -0.4 is 0 Å². The quantitative estimate of drug-likeness (QED) is 0.583. The van der Waals surface area contributed by atoms with E-state index < -0.39 is 0 Å². The SMILES string of the molecule is Cc1ccc(/C=C/c2nc(-c3ccccc3O)n(-c3ccccc3)n2)o1. The lowest BCUT2D eigenvalue weighted by Gasteiger charge is -2.06. The van der Waals surface area contributed by atoms with Crippen LogP contribution in [0, 0.1) is 6.92 Å². The van der Waals surface area contributed by atoms with Gasteiger partial charge < -0.3 is 9.52 Å². The highest BCUT2D eigenvalue weighted by Crippen LogP contribution is 2.29. The zero-order chi connectivity index (χ0) is 17.9. The van der Waals surface area contributed by atoms with Crippen LogP contribution in [0.4, 0.5) is 0 Å². The summed E-state index contributed by atoms with van der Waals surface area (Å²) in [5, 5.41) is 14.8. The van der Waals surface area contributed by atoms with Gasteiger partial charge in [-0.2, -0.15) is 0 Å². The summed E-state index contributed by atoms with van der Waals surface area (Å²) in [5.74, 6) is 2.85. The van der Waals surface area contributed by atoms with Gasteiger partial charge in [0.25, 0.3) is 0 Å². The molecule has 0 bridgehead atoms. The Morgan fingerprint density at radius 1 is 0.923 bits per heavy atom. The van der Waals surface area contributed by atoms with Gasteiger partial charge in [0.15, 0.2) is 11.6 Å². The second kappa shape index (κ2) is 6.72. The predicted octanol–water partition coefficient (Wildman–Crippen LogP) is 4.71. The fourth-order valence-electron chi connectivity index (χ4n) is 2.68. The molecule has 5 nitrogen and oxygen atoms in total. The van der Waals surface area contributed by atoms with Crippen LogP contribution in [0.1, 0.15) is 17.3 Å². The summed E-state index contributed by atoms with van der Waals surface area (Å²) in [4.78, 5) is 4.60. The second-order valence-electron chi connectivity index (χ2n) is 5.84. The minimum absolute atomic E-state index is 0.161. The van der Waals surface area contributed by atoms with E-state index in [1.807, 2.05) is 67.6 Å².